The van der Waals surface area contributed by atoms with E-state index in [1.807, 2.05) is 20.8 Å². The lowest BCUT2D eigenvalue weighted by Gasteiger charge is -2.22. The number of aliphatic carboxylic acids is 1. The maximum atomic E-state index is 12.5. The molecule has 0 spiro atoms. The molecule has 0 aliphatic rings. The van der Waals surface area contributed by atoms with Crippen molar-refractivity contribution in [3.8, 4) is 11.5 Å². The molecule has 0 heterocycles. The molecule has 1 unspecified atom stereocenters. The maximum Gasteiger partial charge on any atom is 0.326 e. The van der Waals surface area contributed by atoms with E-state index in [4.69, 9.17) is 9.47 Å². The van der Waals surface area contributed by atoms with E-state index < -0.39 is 17.9 Å². The molecule has 1 rings (SSSR count). The van der Waals surface area contributed by atoms with Gasteiger partial charge < -0.3 is 19.9 Å². The molecule has 0 aromatic heterocycles. The second-order valence-electron chi connectivity index (χ2n) is 6.99. The fourth-order valence-electron chi connectivity index (χ4n) is 2.30. The molecule has 1 aromatic rings. The minimum Gasteiger partial charge on any atom is -0.493 e. The number of benzene rings is 1. The van der Waals surface area contributed by atoms with Crippen LogP contribution in [-0.2, 0) is 4.79 Å². The third kappa shape index (κ3) is 5.44. The number of rotatable bonds is 7. The van der Waals surface area contributed by atoms with Crippen molar-refractivity contribution in [2.24, 2.45) is 5.41 Å². The third-order valence-corrected chi connectivity index (χ3v) is 3.76. The van der Waals surface area contributed by atoms with E-state index in [0.29, 0.717) is 35.5 Å². The molecule has 2 N–H and O–H groups in total. The van der Waals surface area contributed by atoms with Crippen LogP contribution in [-0.4, -0.2) is 37.2 Å². The van der Waals surface area contributed by atoms with Crippen LogP contribution in [0.1, 0.15) is 49.5 Å². The summed E-state index contributed by atoms with van der Waals surface area (Å²) in [4.78, 5) is 23.9. The van der Waals surface area contributed by atoms with E-state index in [2.05, 4.69) is 5.32 Å². The topological polar surface area (TPSA) is 84.9 Å². The van der Waals surface area contributed by atoms with E-state index in [1.54, 1.807) is 19.1 Å². The summed E-state index contributed by atoms with van der Waals surface area (Å²) in [7, 11) is 3.00. The summed E-state index contributed by atoms with van der Waals surface area (Å²) in [5, 5.41) is 12.0. The van der Waals surface area contributed by atoms with Gasteiger partial charge in [0.1, 0.15) is 6.04 Å². The van der Waals surface area contributed by atoms with Gasteiger partial charge in [-0.1, -0.05) is 20.8 Å². The molecule has 0 saturated heterocycles. The van der Waals surface area contributed by atoms with Crippen LogP contribution in [0, 0.1) is 12.3 Å². The monoisotopic (exact) mass is 337 g/mol. The number of ether oxygens (including phenoxy) is 2. The van der Waals surface area contributed by atoms with E-state index in [1.165, 1.54) is 14.2 Å². The van der Waals surface area contributed by atoms with Crippen LogP contribution in [0.25, 0.3) is 0 Å². The summed E-state index contributed by atoms with van der Waals surface area (Å²) in [5.74, 6) is -0.524. The average molecular weight is 337 g/mol. The summed E-state index contributed by atoms with van der Waals surface area (Å²) in [6.07, 6.45) is 1.06. The van der Waals surface area contributed by atoms with Gasteiger partial charge in [-0.05, 0) is 42.9 Å². The maximum absolute atomic E-state index is 12.5. The molecular weight excluding hydrogens is 310 g/mol. The minimum absolute atomic E-state index is 0.00230. The number of nitrogens with one attached hydrogen (secondary N) is 1. The van der Waals surface area contributed by atoms with Gasteiger partial charge in [0.15, 0.2) is 11.5 Å². The Hall–Kier alpha value is -2.24. The van der Waals surface area contributed by atoms with Crippen molar-refractivity contribution < 1.29 is 24.2 Å². The molecule has 0 aliphatic carbocycles. The van der Waals surface area contributed by atoms with Crippen molar-refractivity contribution in [2.75, 3.05) is 14.2 Å². The molecule has 1 aromatic carbocycles. The molecule has 24 heavy (non-hydrogen) atoms. The smallest absolute Gasteiger partial charge is 0.326 e. The highest BCUT2D eigenvalue weighted by molar-refractivity contribution is 5.98. The Morgan fingerprint density at radius 3 is 2.17 bits per heavy atom. The Morgan fingerprint density at radius 1 is 1.17 bits per heavy atom. The zero-order chi connectivity index (χ0) is 18.5. The highest BCUT2D eigenvalue weighted by atomic mass is 16.5. The molecule has 0 bridgehead atoms. The zero-order valence-electron chi connectivity index (χ0n) is 15.2. The van der Waals surface area contributed by atoms with E-state index in [0.717, 1.165) is 0 Å². The van der Waals surface area contributed by atoms with E-state index in [-0.39, 0.29) is 5.41 Å². The molecule has 0 saturated carbocycles. The number of hydrogen-bond donors (Lipinski definition) is 2. The summed E-state index contributed by atoms with van der Waals surface area (Å²) in [5.41, 5.74) is 1.05. The fraction of sp³-hybridized carbons (Fsp3) is 0.556. The Morgan fingerprint density at radius 2 is 1.71 bits per heavy atom. The van der Waals surface area contributed by atoms with Crippen LogP contribution >= 0.6 is 0 Å². The molecule has 6 nitrogen and oxygen atoms in total. The van der Waals surface area contributed by atoms with Crippen molar-refractivity contribution in [3.63, 3.8) is 0 Å². The summed E-state index contributed by atoms with van der Waals surface area (Å²) < 4.78 is 10.4. The van der Waals surface area contributed by atoms with Gasteiger partial charge in [-0.15, -0.1) is 0 Å². The Bertz CT molecular complexity index is 604. The van der Waals surface area contributed by atoms with Crippen LogP contribution in [0.5, 0.6) is 11.5 Å². The fourth-order valence-corrected chi connectivity index (χ4v) is 2.30. The standard InChI is InChI=1S/C18H27NO5/c1-11-9-14(23-5)15(24-6)10-12(11)16(20)19-13(17(21)22)7-8-18(2,3)4/h9-10,13H,7-8H2,1-6H3,(H,19,20)(H,21,22). The predicted octanol–water partition coefficient (Wildman–Crippen LogP) is 3.02. The number of aryl methyl sites for hydroxylation is 1. The lowest BCUT2D eigenvalue weighted by molar-refractivity contribution is -0.139. The number of carboxylic acids is 1. The molecule has 1 amide bonds. The van der Waals surface area contributed by atoms with Gasteiger partial charge in [0, 0.05) is 5.56 Å². The second kappa shape index (κ2) is 8.04. The van der Waals surface area contributed by atoms with Crippen LogP contribution in [0.15, 0.2) is 12.1 Å². The number of carbonyl (C=O) groups is 2. The van der Waals surface area contributed by atoms with Gasteiger partial charge in [0.25, 0.3) is 5.91 Å². The number of carbonyl (C=O) groups excluding carboxylic acids is 1. The molecule has 0 aliphatic heterocycles. The molecule has 1 atom stereocenters. The highest BCUT2D eigenvalue weighted by Crippen LogP contribution is 2.30. The van der Waals surface area contributed by atoms with Crippen LogP contribution in [0.4, 0.5) is 0 Å². The Balaban J connectivity index is 2.97. The molecule has 6 heteroatoms. The van der Waals surface area contributed by atoms with Gasteiger partial charge in [0.2, 0.25) is 0 Å². The highest BCUT2D eigenvalue weighted by Gasteiger charge is 2.24. The van der Waals surface area contributed by atoms with Gasteiger partial charge >= 0.3 is 5.97 Å². The second-order valence-corrected chi connectivity index (χ2v) is 6.99. The van der Waals surface area contributed by atoms with Gasteiger partial charge in [-0.3, -0.25) is 4.79 Å². The number of amides is 1. The van der Waals surface area contributed by atoms with Crippen molar-refractivity contribution in [1.82, 2.24) is 5.32 Å². The molecular formula is C18H27NO5. The number of carboxylic acid groups (broad SMARTS) is 1. The summed E-state index contributed by atoms with van der Waals surface area (Å²) in [6, 6.07) is 2.33. The van der Waals surface area contributed by atoms with Crippen LogP contribution < -0.4 is 14.8 Å². The molecule has 0 radical (unpaired) electrons. The summed E-state index contributed by atoms with van der Waals surface area (Å²) >= 11 is 0. The van der Waals surface area contributed by atoms with Crippen molar-refractivity contribution >= 4 is 11.9 Å². The van der Waals surface area contributed by atoms with Crippen LogP contribution in [0.3, 0.4) is 0 Å². The SMILES string of the molecule is COc1cc(C)c(C(=O)NC(CCC(C)(C)C)C(=O)O)cc1OC. The first-order valence-electron chi connectivity index (χ1n) is 7.85. The van der Waals surface area contributed by atoms with Crippen molar-refractivity contribution in [3.05, 3.63) is 23.3 Å². The predicted molar refractivity (Wildman–Crippen MR) is 91.9 cm³/mol. The Labute approximate surface area is 143 Å². The quantitative estimate of drug-likeness (QED) is 0.799. The normalized spacial score (nSPS) is 12.4. The largest absolute Gasteiger partial charge is 0.493 e. The lowest BCUT2D eigenvalue weighted by atomic mass is 9.88. The van der Waals surface area contributed by atoms with Crippen molar-refractivity contribution in [2.45, 2.75) is 46.6 Å². The minimum atomic E-state index is -1.04. The average Bonchev–Trinajstić information content (AvgIpc) is 2.49. The first-order chi connectivity index (χ1) is 11.1. The van der Waals surface area contributed by atoms with Gasteiger partial charge in [0.05, 0.1) is 14.2 Å². The lowest BCUT2D eigenvalue weighted by Crippen LogP contribution is -2.41. The third-order valence-electron chi connectivity index (χ3n) is 3.76. The first kappa shape index (κ1) is 19.8. The summed E-state index contributed by atoms with van der Waals surface area (Å²) in [6.45, 7) is 7.87. The number of hydrogen-bond acceptors (Lipinski definition) is 4. The van der Waals surface area contributed by atoms with Gasteiger partial charge in [-0.25, -0.2) is 4.79 Å². The number of methoxy groups -OCH3 is 2. The van der Waals surface area contributed by atoms with Gasteiger partial charge in [-0.2, -0.15) is 0 Å². The van der Waals surface area contributed by atoms with E-state index in [9.17, 15) is 14.7 Å². The van der Waals surface area contributed by atoms with Crippen molar-refractivity contribution in [1.29, 1.82) is 0 Å². The molecule has 134 valence electrons. The zero-order valence-corrected chi connectivity index (χ0v) is 15.2. The van der Waals surface area contributed by atoms with E-state index >= 15 is 0 Å². The Kier molecular flexibility index (Phi) is 6.63. The van der Waals surface area contributed by atoms with Crippen LogP contribution in [0.2, 0.25) is 0 Å². The first-order valence-corrected chi connectivity index (χ1v) is 7.85. The molecule has 0 fully saturated rings.